The fourth-order valence-electron chi connectivity index (χ4n) is 2.16. The molecule has 16 heavy (non-hydrogen) atoms. The van der Waals surface area contributed by atoms with Crippen LogP contribution in [-0.4, -0.2) is 23.9 Å². The molecule has 1 aliphatic carbocycles. The van der Waals surface area contributed by atoms with Crippen molar-refractivity contribution in [2.45, 2.75) is 45.1 Å². The van der Waals surface area contributed by atoms with Crippen molar-refractivity contribution in [2.24, 2.45) is 5.41 Å². The Hall–Kier alpha value is -1.55. The number of hydrogen-bond donors (Lipinski definition) is 0. The van der Waals surface area contributed by atoms with Crippen molar-refractivity contribution in [1.82, 2.24) is 4.90 Å². The molecule has 4 nitrogen and oxygen atoms in total. The average molecular weight is 219 g/mol. The van der Waals surface area contributed by atoms with E-state index in [9.17, 15) is 10.1 Å². The van der Waals surface area contributed by atoms with E-state index in [0.29, 0.717) is 19.3 Å². The summed E-state index contributed by atoms with van der Waals surface area (Å²) in [5.41, 5.74) is -0.821. The van der Waals surface area contributed by atoms with E-state index in [0.717, 1.165) is 12.8 Å². The van der Waals surface area contributed by atoms with Crippen LogP contribution in [0, 0.1) is 28.1 Å². The van der Waals surface area contributed by atoms with Gasteiger partial charge in [0.25, 0.3) is 0 Å². The smallest absolute Gasteiger partial charge is 0.243 e. The number of nitriles is 2. The third kappa shape index (κ3) is 2.17. The molecule has 1 fully saturated rings. The Kier molecular flexibility index (Phi) is 3.90. The number of rotatable bonds is 3. The van der Waals surface area contributed by atoms with Gasteiger partial charge in [0.1, 0.15) is 5.41 Å². The van der Waals surface area contributed by atoms with Gasteiger partial charge < -0.3 is 4.90 Å². The first kappa shape index (κ1) is 12.5. The lowest BCUT2D eigenvalue weighted by molar-refractivity contribution is -0.139. The molecule has 1 amide bonds. The Morgan fingerprint density at radius 3 is 2.44 bits per heavy atom. The zero-order valence-corrected chi connectivity index (χ0v) is 9.86. The molecule has 0 aromatic carbocycles. The summed E-state index contributed by atoms with van der Waals surface area (Å²) in [6.07, 6.45) is 3.52. The van der Waals surface area contributed by atoms with E-state index in [1.807, 2.05) is 13.0 Å². The lowest BCUT2D eigenvalue weighted by Gasteiger charge is -2.30. The second-order valence-electron chi connectivity index (χ2n) is 4.53. The Labute approximate surface area is 96.5 Å². The SMILES string of the molecule is CC(CC#N)N(C)C(=O)C1(C#N)CCCC1. The van der Waals surface area contributed by atoms with Gasteiger partial charge in [0.15, 0.2) is 0 Å². The normalized spacial score (nSPS) is 19.5. The van der Waals surface area contributed by atoms with Crippen molar-refractivity contribution in [3.05, 3.63) is 0 Å². The van der Waals surface area contributed by atoms with Gasteiger partial charge in [-0.1, -0.05) is 12.8 Å². The Morgan fingerprint density at radius 1 is 1.44 bits per heavy atom. The van der Waals surface area contributed by atoms with Crippen LogP contribution in [-0.2, 0) is 4.79 Å². The third-order valence-corrected chi connectivity index (χ3v) is 3.45. The molecule has 0 heterocycles. The third-order valence-electron chi connectivity index (χ3n) is 3.45. The predicted octanol–water partition coefficient (Wildman–Crippen LogP) is 1.83. The largest absolute Gasteiger partial charge is 0.341 e. The molecule has 0 bridgehead atoms. The average Bonchev–Trinajstić information content (AvgIpc) is 2.77. The number of nitrogens with zero attached hydrogens (tertiary/aromatic N) is 3. The summed E-state index contributed by atoms with van der Waals surface area (Å²) in [5, 5.41) is 17.8. The summed E-state index contributed by atoms with van der Waals surface area (Å²) in [4.78, 5) is 13.8. The molecule has 0 aromatic rings. The minimum absolute atomic E-state index is 0.116. The fraction of sp³-hybridized carbons (Fsp3) is 0.750. The summed E-state index contributed by atoms with van der Waals surface area (Å²) in [6, 6.07) is 4.11. The van der Waals surface area contributed by atoms with E-state index in [1.54, 1.807) is 11.9 Å². The molecule has 0 saturated heterocycles. The van der Waals surface area contributed by atoms with Crippen LogP contribution < -0.4 is 0 Å². The lowest BCUT2D eigenvalue weighted by Crippen LogP contribution is -2.44. The first-order chi connectivity index (χ1) is 7.57. The molecule has 0 aromatic heterocycles. The Balaban J connectivity index is 2.77. The molecule has 0 spiro atoms. The fourth-order valence-corrected chi connectivity index (χ4v) is 2.16. The van der Waals surface area contributed by atoms with Crippen LogP contribution in [0.25, 0.3) is 0 Å². The van der Waals surface area contributed by atoms with E-state index < -0.39 is 5.41 Å². The van der Waals surface area contributed by atoms with Gasteiger partial charge in [-0.05, 0) is 19.8 Å². The number of amides is 1. The molecular formula is C12H17N3O. The van der Waals surface area contributed by atoms with Crippen molar-refractivity contribution in [1.29, 1.82) is 10.5 Å². The van der Waals surface area contributed by atoms with E-state index in [-0.39, 0.29) is 11.9 Å². The molecule has 0 aliphatic heterocycles. The monoisotopic (exact) mass is 219 g/mol. The lowest BCUT2D eigenvalue weighted by atomic mass is 9.86. The maximum Gasteiger partial charge on any atom is 0.243 e. The van der Waals surface area contributed by atoms with E-state index in [2.05, 4.69) is 6.07 Å². The summed E-state index contributed by atoms with van der Waals surface area (Å²) in [6.45, 7) is 1.83. The highest BCUT2D eigenvalue weighted by Crippen LogP contribution is 2.39. The molecule has 86 valence electrons. The van der Waals surface area contributed by atoms with Gasteiger partial charge in [-0.25, -0.2) is 0 Å². The van der Waals surface area contributed by atoms with Crippen LogP contribution >= 0.6 is 0 Å². The van der Waals surface area contributed by atoms with Crippen LogP contribution in [0.5, 0.6) is 0 Å². The van der Waals surface area contributed by atoms with Gasteiger partial charge in [-0.15, -0.1) is 0 Å². The topological polar surface area (TPSA) is 67.9 Å². The Bertz CT molecular complexity index is 344. The molecule has 1 unspecified atom stereocenters. The zero-order chi connectivity index (χ0) is 12.2. The molecule has 1 atom stereocenters. The summed E-state index contributed by atoms with van der Waals surface area (Å²) in [5.74, 6) is -0.116. The highest BCUT2D eigenvalue weighted by Gasteiger charge is 2.43. The molecule has 0 N–H and O–H groups in total. The molecule has 1 aliphatic rings. The van der Waals surface area contributed by atoms with E-state index in [1.165, 1.54) is 0 Å². The van der Waals surface area contributed by atoms with Crippen LogP contribution in [0.15, 0.2) is 0 Å². The predicted molar refractivity (Wildman–Crippen MR) is 59.0 cm³/mol. The summed E-state index contributed by atoms with van der Waals surface area (Å²) < 4.78 is 0. The number of carbonyl (C=O) groups excluding carboxylic acids is 1. The summed E-state index contributed by atoms with van der Waals surface area (Å²) >= 11 is 0. The Morgan fingerprint density at radius 2 is 2.00 bits per heavy atom. The van der Waals surface area contributed by atoms with Crippen LogP contribution in [0.4, 0.5) is 0 Å². The summed E-state index contributed by atoms with van der Waals surface area (Å²) in [7, 11) is 1.68. The quantitative estimate of drug-likeness (QED) is 0.727. The van der Waals surface area contributed by atoms with Gasteiger partial charge in [-0.2, -0.15) is 10.5 Å². The molecule has 1 rings (SSSR count). The minimum Gasteiger partial charge on any atom is -0.341 e. The van der Waals surface area contributed by atoms with Gasteiger partial charge in [0, 0.05) is 13.1 Å². The first-order valence-electron chi connectivity index (χ1n) is 5.63. The molecule has 1 saturated carbocycles. The first-order valence-corrected chi connectivity index (χ1v) is 5.63. The van der Waals surface area contributed by atoms with Crippen molar-refractivity contribution in [3.63, 3.8) is 0 Å². The highest BCUT2D eigenvalue weighted by molar-refractivity contribution is 5.85. The van der Waals surface area contributed by atoms with Crippen LogP contribution in [0.1, 0.15) is 39.0 Å². The van der Waals surface area contributed by atoms with Gasteiger partial charge in [-0.3, -0.25) is 4.79 Å². The van der Waals surface area contributed by atoms with Crippen molar-refractivity contribution < 1.29 is 4.79 Å². The number of carbonyl (C=O) groups is 1. The van der Waals surface area contributed by atoms with Crippen molar-refractivity contribution >= 4 is 5.91 Å². The minimum atomic E-state index is -0.821. The van der Waals surface area contributed by atoms with Gasteiger partial charge in [0.2, 0.25) is 5.91 Å². The highest BCUT2D eigenvalue weighted by atomic mass is 16.2. The van der Waals surface area contributed by atoms with Gasteiger partial charge >= 0.3 is 0 Å². The van der Waals surface area contributed by atoms with E-state index >= 15 is 0 Å². The molecular weight excluding hydrogens is 202 g/mol. The zero-order valence-electron chi connectivity index (χ0n) is 9.86. The maximum absolute atomic E-state index is 12.2. The van der Waals surface area contributed by atoms with Crippen molar-refractivity contribution in [2.75, 3.05) is 7.05 Å². The van der Waals surface area contributed by atoms with Crippen molar-refractivity contribution in [3.8, 4) is 12.1 Å². The van der Waals surface area contributed by atoms with Crippen LogP contribution in [0.2, 0.25) is 0 Å². The van der Waals surface area contributed by atoms with Crippen LogP contribution in [0.3, 0.4) is 0 Å². The van der Waals surface area contributed by atoms with Gasteiger partial charge in [0.05, 0.1) is 18.6 Å². The van der Waals surface area contributed by atoms with E-state index in [4.69, 9.17) is 5.26 Å². The second kappa shape index (κ2) is 4.99. The second-order valence-corrected chi connectivity index (χ2v) is 4.53. The standard InChI is InChI=1S/C12H17N3O/c1-10(5-8-13)15(2)11(16)12(9-14)6-3-4-7-12/h10H,3-7H2,1-2H3. The molecule has 4 heteroatoms. The molecule has 0 radical (unpaired) electrons. The maximum atomic E-state index is 12.2. The number of hydrogen-bond acceptors (Lipinski definition) is 3.